The number of nitrogens with one attached hydrogen (secondary N) is 1. The molecule has 36 heavy (non-hydrogen) atoms. The first-order valence-electron chi connectivity index (χ1n) is 10.8. The van der Waals surface area contributed by atoms with Crippen molar-refractivity contribution in [3.8, 4) is 0 Å². The van der Waals surface area contributed by atoms with Gasteiger partial charge in [0, 0.05) is 17.1 Å². The minimum Gasteiger partial charge on any atom is -0.459 e. The zero-order valence-corrected chi connectivity index (χ0v) is 20.4. The molecule has 0 radical (unpaired) electrons. The van der Waals surface area contributed by atoms with E-state index in [4.69, 9.17) is 16.0 Å². The van der Waals surface area contributed by atoms with E-state index in [1.165, 1.54) is 46.9 Å². The molecule has 1 N–H and O–H groups in total. The number of carbonyl (C=O) groups excluding carboxylic acids is 1. The van der Waals surface area contributed by atoms with E-state index in [9.17, 15) is 17.6 Å². The molecule has 0 spiro atoms. The largest absolute Gasteiger partial charge is 0.459 e. The molecular weight excluding hydrogens is 505 g/mol. The molecule has 4 rings (SSSR count). The fraction of sp³-hybridized carbons (Fsp3) is 0.0769. The first-order chi connectivity index (χ1) is 17.3. The summed E-state index contributed by atoms with van der Waals surface area (Å²) in [5, 5.41) is 4.40. The van der Waals surface area contributed by atoms with Crippen LogP contribution in [0, 0.1) is 5.82 Å². The van der Waals surface area contributed by atoms with Crippen LogP contribution in [-0.4, -0.2) is 24.8 Å². The second kappa shape index (κ2) is 11.3. The standard InChI is InChI=1S/C26H21ClFN3O4S/c27-21-10-6-19(7-11-21)17-31(36(33,34)25-4-2-1-3-5-25)18-24-15-14-23(35-24)16-29-30-26(32)20-8-12-22(28)13-9-20/h1-16H,17-18H2,(H,30,32)/b29-16-. The van der Waals surface area contributed by atoms with Crippen LogP contribution in [0.3, 0.4) is 0 Å². The summed E-state index contributed by atoms with van der Waals surface area (Å²) in [5.74, 6) is -0.263. The number of halogens is 2. The molecular formula is C26H21ClFN3O4S. The van der Waals surface area contributed by atoms with Crippen molar-refractivity contribution in [2.24, 2.45) is 5.10 Å². The molecule has 10 heteroatoms. The Morgan fingerprint density at radius 3 is 2.33 bits per heavy atom. The monoisotopic (exact) mass is 525 g/mol. The van der Waals surface area contributed by atoms with E-state index >= 15 is 0 Å². The van der Waals surface area contributed by atoms with Crippen molar-refractivity contribution >= 4 is 33.7 Å². The Labute approximate surface area is 212 Å². The van der Waals surface area contributed by atoms with Gasteiger partial charge < -0.3 is 4.42 Å². The Balaban J connectivity index is 1.49. The van der Waals surface area contributed by atoms with Gasteiger partial charge in [0.1, 0.15) is 17.3 Å². The van der Waals surface area contributed by atoms with Gasteiger partial charge in [-0.15, -0.1) is 0 Å². The fourth-order valence-corrected chi connectivity index (χ4v) is 4.85. The minimum atomic E-state index is -3.84. The van der Waals surface area contributed by atoms with Crippen molar-refractivity contribution < 1.29 is 22.0 Å². The summed E-state index contributed by atoms with van der Waals surface area (Å²) in [7, 11) is -3.84. The SMILES string of the molecule is O=C(N/N=C\c1ccc(CN(Cc2ccc(Cl)cc2)S(=O)(=O)c2ccccc2)o1)c1ccc(F)cc1. The van der Waals surface area contributed by atoms with Crippen LogP contribution in [0.5, 0.6) is 0 Å². The number of amides is 1. The number of rotatable bonds is 9. The third kappa shape index (κ3) is 6.45. The van der Waals surface area contributed by atoms with Gasteiger partial charge >= 0.3 is 0 Å². The summed E-state index contributed by atoms with van der Waals surface area (Å²) in [6, 6.07) is 23.4. The highest BCUT2D eigenvalue weighted by Gasteiger charge is 2.26. The lowest BCUT2D eigenvalue weighted by Gasteiger charge is -2.21. The molecule has 1 amide bonds. The predicted molar refractivity (Wildman–Crippen MR) is 134 cm³/mol. The minimum absolute atomic E-state index is 0.0321. The Kier molecular flexibility index (Phi) is 7.94. The first-order valence-corrected chi connectivity index (χ1v) is 12.6. The van der Waals surface area contributed by atoms with Gasteiger partial charge in [-0.2, -0.15) is 9.41 Å². The number of benzene rings is 3. The van der Waals surface area contributed by atoms with E-state index in [-0.39, 0.29) is 23.5 Å². The lowest BCUT2D eigenvalue weighted by molar-refractivity contribution is 0.0955. The molecule has 0 saturated heterocycles. The van der Waals surface area contributed by atoms with Crippen LogP contribution in [0.25, 0.3) is 0 Å². The second-order valence-corrected chi connectivity index (χ2v) is 10.1. The molecule has 4 aromatic rings. The highest BCUT2D eigenvalue weighted by Crippen LogP contribution is 2.22. The molecule has 184 valence electrons. The summed E-state index contributed by atoms with van der Waals surface area (Å²) in [4.78, 5) is 12.2. The summed E-state index contributed by atoms with van der Waals surface area (Å²) >= 11 is 5.97. The number of hydrogen-bond donors (Lipinski definition) is 1. The van der Waals surface area contributed by atoms with Gasteiger partial charge in [-0.3, -0.25) is 4.79 Å². The van der Waals surface area contributed by atoms with Crippen LogP contribution in [-0.2, 0) is 23.1 Å². The maximum atomic E-state index is 13.4. The van der Waals surface area contributed by atoms with Crippen LogP contribution >= 0.6 is 11.6 Å². The highest BCUT2D eigenvalue weighted by atomic mass is 35.5. The molecule has 7 nitrogen and oxygen atoms in total. The summed E-state index contributed by atoms with van der Waals surface area (Å²) in [6.07, 6.45) is 1.29. The summed E-state index contributed by atoms with van der Waals surface area (Å²) in [5.41, 5.74) is 3.34. The number of hydrazone groups is 1. The molecule has 0 aliphatic rings. The smallest absolute Gasteiger partial charge is 0.271 e. The van der Waals surface area contributed by atoms with Gasteiger partial charge in [-0.05, 0) is 66.2 Å². The Morgan fingerprint density at radius 2 is 1.64 bits per heavy atom. The lowest BCUT2D eigenvalue weighted by atomic mass is 10.2. The number of sulfonamides is 1. The third-order valence-corrected chi connectivity index (χ3v) is 7.19. The molecule has 0 saturated carbocycles. The second-order valence-electron chi connectivity index (χ2n) is 7.72. The van der Waals surface area contributed by atoms with Crippen LogP contribution in [0.2, 0.25) is 5.02 Å². The van der Waals surface area contributed by atoms with Crippen molar-refractivity contribution in [3.63, 3.8) is 0 Å². The molecule has 1 aromatic heterocycles. The van der Waals surface area contributed by atoms with Gasteiger partial charge in [0.05, 0.1) is 17.7 Å². The average Bonchev–Trinajstić information content (AvgIpc) is 3.33. The van der Waals surface area contributed by atoms with Crippen molar-refractivity contribution in [3.05, 3.63) is 124 Å². The van der Waals surface area contributed by atoms with Gasteiger partial charge in [0.2, 0.25) is 10.0 Å². The fourth-order valence-electron chi connectivity index (χ4n) is 3.30. The van der Waals surface area contributed by atoms with E-state index < -0.39 is 21.7 Å². The molecule has 1 heterocycles. The Bertz CT molecular complexity index is 1460. The third-order valence-electron chi connectivity index (χ3n) is 5.13. The van der Waals surface area contributed by atoms with Crippen LogP contribution in [0.4, 0.5) is 4.39 Å². The Hall–Kier alpha value is -3.79. The maximum Gasteiger partial charge on any atom is 0.271 e. The van der Waals surface area contributed by atoms with Gasteiger partial charge in [-0.1, -0.05) is 41.9 Å². The normalized spacial score (nSPS) is 11.8. The average molecular weight is 526 g/mol. The number of nitrogens with zero attached hydrogens (tertiary/aromatic N) is 2. The van der Waals surface area contributed by atoms with Crippen molar-refractivity contribution in [1.82, 2.24) is 9.73 Å². The van der Waals surface area contributed by atoms with E-state index in [0.29, 0.717) is 16.5 Å². The molecule has 0 atom stereocenters. The van der Waals surface area contributed by atoms with Crippen LogP contribution in [0.15, 0.2) is 105 Å². The highest BCUT2D eigenvalue weighted by molar-refractivity contribution is 7.89. The molecule has 0 aliphatic carbocycles. The topological polar surface area (TPSA) is 92.0 Å². The quantitative estimate of drug-likeness (QED) is 0.239. The van der Waals surface area contributed by atoms with Gasteiger partial charge in [0.25, 0.3) is 5.91 Å². The molecule has 0 aliphatic heterocycles. The lowest BCUT2D eigenvalue weighted by Crippen LogP contribution is -2.30. The molecule has 0 bridgehead atoms. The summed E-state index contributed by atoms with van der Waals surface area (Å²) in [6.45, 7) is 0.0713. The van der Waals surface area contributed by atoms with Crippen LogP contribution < -0.4 is 5.43 Å². The predicted octanol–water partition coefficient (Wildman–Crippen LogP) is 5.23. The van der Waals surface area contributed by atoms with E-state index in [1.807, 2.05) is 0 Å². The number of furan rings is 1. The van der Waals surface area contributed by atoms with Crippen LogP contribution in [0.1, 0.15) is 27.4 Å². The van der Waals surface area contributed by atoms with E-state index in [1.54, 1.807) is 54.6 Å². The van der Waals surface area contributed by atoms with Crippen molar-refractivity contribution in [2.75, 3.05) is 0 Å². The van der Waals surface area contributed by atoms with Gasteiger partial charge in [-0.25, -0.2) is 18.2 Å². The maximum absolute atomic E-state index is 13.4. The molecule has 3 aromatic carbocycles. The molecule has 0 unspecified atom stereocenters. The zero-order valence-electron chi connectivity index (χ0n) is 18.8. The number of carbonyl (C=O) groups is 1. The number of hydrogen-bond acceptors (Lipinski definition) is 5. The Morgan fingerprint density at radius 1 is 0.944 bits per heavy atom. The summed E-state index contributed by atoms with van der Waals surface area (Å²) < 4.78 is 46.8. The zero-order chi connectivity index (χ0) is 25.5. The van der Waals surface area contributed by atoms with E-state index in [2.05, 4.69) is 10.5 Å². The molecule has 0 fully saturated rings. The van der Waals surface area contributed by atoms with Gasteiger partial charge in [0.15, 0.2) is 0 Å². The van der Waals surface area contributed by atoms with Crippen molar-refractivity contribution in [2.45, 2.75) is 18.0 Å². The van der Waals surface area contributed by atoms with Crippen molar-refractivity contribution in [1.29, 1.82) is 0 Å². The first kappa shape index (κ1) is 25.3. The van der Waals surface area contributed by atoms with E-state index in [0.717, 1.165) is 5.56 Å².